The fourth-order valence-electron chi connectivity index (χ4n) is 7.48. The van der Waals surface area contributed by atoms with Gasteiger partial charge < -0.3 is 10.0 Å². The van der Waals surface area contributed by atoms with Crippen molar-refractivity contribution in [2.75, 3.05) is 4.90 Å². The van der Waals surface area contributed by atoms with Crippen molar-refractivity contribution in [1.82, 2.24) is 0 Å². The molecule has 0 unspecified atom stereocenters. The van der Waals surface area contributed by atoms with Crippen LogP contribution in [0, 0.1) is 30.6 Å². The standard InChI is InChI=1S/C52H36N4O2S5/c1-31-27-46(62-50(31)44-26-24-43(61-44)35-17-19-39(20-18-35)56(37-9-5-3-6-10-37)38-11-7-4-8-12-38)40-21-22-41(49(55-59)48(40)54)47-28-32(2)51(63-47)45-25-23-42(60-45)34-15-13-33(14-16-34)29-36(30-53)52(57)58/h3-29,54,59H,1-2H3,(H,57,58)/b36-29+,54-48?,55-49-. The van der Waals surface area contributed by atoms with E-state index >= 15 is 0 Å². The van der Waals surface area contributed by atoms with E-state index in [-0.39, 0.29) is 5.57 Å². The van der Waals surface area contributed by atoms with Gasteiger partial charge in [-0.1, -0.05) is 84.9 Å². The van der Waals surface area contributed by atoms with Crippen molar-refractivity contribution in [3.05, 3.63) is 190 Å². The third kappa shape index (κ3) is 8.47. The van der Waals surface area contributed by atoms with Crippen molar-refractivity contribution in [3.63, 3.8) is 0 Å². The number of aryl methyl sites for hydroxylation is 2. The highest BCUT2D eigenvalue weighted by Crippen LogP contribution is 2.46. The average molecular weight is 909 g/mol. The van der Waals surface area contributed by atoms with E-state index in [9.17, 15) is 15.3 Å². The monoisotopic (exact) mass is 908 g/mol. The summed E-state index contributed by atoms with van der Waals surface area (Å²) in [6, 6.07) is 51.8. The van der Waals surface area contributed by atoms with Crippen LogP contribution in [0.15, 0.2) is 168 Å². The van der Waals surface area contributed by atoms with E-state index in [4.69, 9.17) is 5.26 Å². The predicted octanol–water partition coefficient (Wildman–Crippen LogP) is 15.5. The maximum absolute atomic E-state index is 11.3. The number of thiol groups is 1. The molecule has 8 aromatic rings. The maximum Gasteiger partial charge on any atom is 0.346 e. The van der Waals surface area contributed by atoms with Crippen LogP contribution in [0.4, 0.5) is 17.1 Å². The minimum Gasteiger partial charge on any atom is -0.477 e. The molecule has 0 spiro atoms. The number of hydrogen-bond acceptors (Lipinski definition) is 10. The molecule has 0 saturated heterocycles. The van der Waals surface area contributed by atoms with E-state index in [2.05, 4.69) is 151 Å². The van der Waals surface area contributed by atoms with Crippen molar-refractivity contribution in [3.8, 4) is 46.5 Å². The lowest BCUT2D eigenvalue weighted by atomic mass is 9.92. The lowest BCUT2D eigenvalue weighted by Crippen LogP contribution is -2.18. The van der Waals surface area contributed by atoms with Crippen molar-refractivity contribution >= 4 is 110 Å². The Bertz CT molecular complexity index is 3150. The van der Waals surface area contributed by atoms with Crippen LogP contribution < -0.4 is 4.90 Å². The van der Waals surface area contributed by atoms with Crippen LogP contribution >= 0.6 is 58.2 Å². The number of benzene rings is 4. The van der Waals surface area contributed by atoms with E-state index < -0.39 is 5.97 Å². The molecule has 6 nitrogen and oxygen atoms in total. The van der Waals surface area contributed by atoms with E-state index in [1.54, 1.807) is 51.4 Å². The number of carboxylic acids is 1. The molecule has 0 saturated carbocycles. The summed E-state index contributed by atoms with van der Waals surface area (Å²) in [7, 11) is 0. The van der Waals surface area contributed by atoms with Gasteiger partial charge in [0.25, 0.3) is 0 Å². The minimum atomic E-state index is -1.24. The van der Waals surface area contributed by atoms with E-state index in [0.717, 1.165) is 69.3 Å². The van der Waals surface area contributed by atoms with E-state index in [0.29, 0.717) is 17.0 Å². The predicted molar refractivity (Wildman–Crippen MR) is 272 cm³/mol. The van der Waals surface area contributed by atoms with Crippen LogP contribution in [0.25, 0.3) is 57.6 Å². The molecule has 1 aliphatic carbocycles. The van der Waals surface area contributed by atoms with Gasteiger partial charge in [0, 0.05) is 67.2 Å². The van der Waals surface area contributed by atoms with Gasteiger partial charge in [0.2, 0.25) is 0 Å². The van der Waals surface area contributed by atoms with Crippen LogP contribution in [0.5, 0.6) is 0 Å². The number of aliphatic carboxylic acids is 1. The Balaban J connectivity index is 0.939. The molecule has 9 rings (SSSR count). The van der Waals surface area contributed by atoms with Crippen LogP contribution in [-0.2, 0) is 4.79 Å². The summed E-state index contributed by atoms with van der Waals surface area (Å²) >= 11 is 11.2. The second-order valence-corrected chi connectivity index (χ2v) is 19.2. The Morgan fingerprint density at radius 3 is 1.59 bits per heavy atom. The highest BCUT2D eigenvalue weighted by molar-refractivity contribution is 7.79. The first-order valence-electron chi connectivity index (χ1n) is 19.8. The van der Waals surface area contributed by atoms with Gasteiger partial charge in [-0.05, 0) is 133 Å². The van der Waals surface area contributed by atoms with Crippen LogP contribution in [0.1, 0.15) is 26.4 Å². The molecule has 0 radical (unpaired) electrons. The molecular formula is C52H36N4O2S5. The summed E-state index contributed by atoms with van der Waals surface area (Å²) in [6.45, 7) is 4.24. The number of carbonyl (C=O) groups is 1. The molecule has 0 fully saturated rings. The third-order valence-electron chi connectivity index (χ3n) is 10.6. The first-order chi connectivity index (χ1) is 30.7. The van der Waals surface area contributed by atoms with Gasteiger partial charge >= 0.3 is 5.97 Å². The summed E-state index contributed by atoms with van der Waals surface area (Å²) in [4.78, 5) is 22.5. The Kier molecular flexibility index (Phi) is 11.9. The first kappa shape index (κ1) is 41.7. The Morgan fingerprint density at radius 1 is 0.635 bits per heavy atom. The van der Waals surface area contributed by atoms with Crippen LogP contribution in [0.2, 0.25) is 0 Å². The number of para-hydroxylation sites is 2. The number of anilines is 3. The third-order valence-corrected chi connectivity index (χ3v) is 16.0. The number of rotatable bonds is 11. The van der Waals surface area contributed by atoms with Gasteiger partial charge in [-0.15, -0.1) is 45.3 Å². The normalized spacial score (nSPS) is 13.5. The summed E-state index contributed by atoms with van der Waals surface area (Å²) < 4.78 is 4.37. The largest absolute Gasteiger partial charge is 0.477 e. The molecule has 2 N–H and O–H groups in total. The zero-order valence-electron chi connectivity index (χ0n) is 33.9. The zero-order chi connectivity index (χ0) is 43.6. The molecule has 306 valence electrons. The van der Waals surface area contributed by atoms with Gasteiger partial charge in [0.05, 0.1) is 5.71 Å². The molecule has 63 heavy (non-hydrogen) atoms. The summed E-state index contributed by atoms with van der Waals surface area (Å²) in [6.07, 6.45) is 5.47. The van der Waals surface area contributed by atoms with Crippen LogP contribution in [0.3, 0.4) is 0 Å². The van der Waals surface area contributed by atoms with Crippen LogP contribution in [-0.4, -0.2) is 22.5 Å². The fourth-order valence-corrected chi connectivity index (χ4v) is 12.5. The second-order valence-electron chi connectivity index (χ2n) is 14.7. The highest BCUT2D eigenvalue weighted by atomic mass is 32.1. The van der Waals surface area contributed by atoms with Crippen molar-refractivity contribution in [2.24, 2.45) is 4.40 Å². The van der Waals surface area contributed by atoms with E-state index in [1.807, 2.05) is 42.5 Å². The SMILES string of the molecule is Cc1cc(C2=CC=C(c3cc(C)c(-c4ccc(-c5ccc(/C=C(\C#N)C(=O)O)cc5)s4)s3)/C(=N/S)C2=N)sc1-c1ccc(-c2ccc(N(c3ccccc3)c3ccccc3)cc2)s1. The second kappa shape index (κ2) is 18.0. The van der Waals surface area contributed by atoms with Crippen molar-refractivity contribution in [2.45, 2.75) is 13.8 Å². The molecule has 4 heterocycles. The van der Waals surface area contributed by atoms with Crippen molar-refractivity contribution < 1.29 is 9.90 Å². The summed E-state index contributed by atoms with van der Waals surface area (Å²) in [5, 5.41) is 27.7. The first-order valence-corrected chi connectivity index (χ1v) is 23.5. The van der Waals surface area contributed by atoms with Gasteiger partial charge in [-0.2, -0.15) is 5.26 Å². The lowest BCUT2D eigenvalue weighted by Gasteiger charge is -2.25. The number of nitrogens with zero attached hydrogens (tertiary/aromatic N) is 3. The molecule has 0 amide bonds. The lowest BCUT2D eigenvalue weighted by molar-refractivity contribution is -0.132. The highest BCUT2D eigenvalue weighted by Gasteiger charge is 2.27. The van der Waals surface area contributed by atoms with Crippen molar-refractivity contribution in [1.29, 1.82) is 10.7 Å². The number of hydrogen-bond donors (Lipinski definition) is 3. The average Bonchev–Trinajstić information content (AvgIpc) is 4.14. The number of nitrogens with one attached hydrogen (secondary N) is 1. The fraction of sp³-hybridized carbons (Fsp3) is 0.0385. The molecule has 1 aliphatic rings. The molecule has 4 aromatic heterocycles. The Morgan fingerprint density at radius 2 is 1.10 bits per heavy atom. The molecule has 0 bridgehead atoms. The number of nitriles is 1. The Hall–Kier alpha value is -6.65. The van der Waals surface area contributed by atoms with Gasteiger partial charge in [-0.3, -0.25) is 5.41 Å². The van der Waals surface area contributed by atoms with Gasteiger partial charge in [0.1, 0.15) is 17.4 Å². The minimum absolute atomic E-state index is 0.306. The number of carboxylic acid groups (broad SMARTS) is 1. The Labute approximate surface area is 387 Å². The molecule has 11 heteroatoms. The molecule has 4 aromatic carbocycles. The maximum atomic E-state index is 11.3. The van der Waals surface area contributed by atoms with Gasteiger partial charge in [-0.25, -0.2) is 9.19 Å². The quantitative estimate of drug-likeness (QED) is 0.0521. The smallest absolute Gasteiger partial charge is 0.346 e. The zero-order valence-corrected chi connectivity index (χ0v) is 38.0. The summed E-state index contributed by atoms with van der Waals surface area (Å²) in [5.74, 6) is -1.24. The number of thiophene rings is 4. The van der Waals surface area contributed by atoms with E-state index in [1.165, 1.54) is 26.3 Å². The summed E-state index contributed by atoms with van der Waals surface area (Å²) in [5.41, 5.74) is 10.7. The molecule has 0 atom stereocenters. The number of allylic oxidation sites excluding steroid dienone is 4. The molecular weight excluding hydrogens is 873 g/mol. The topological polar surface area (TPSA) is 101 Å². The molecule has 0 aliphatic heterocycles. The van der Waals surface area contributed by atoms with Gasteiger partial charge in [0.15, 0.2) is 0 Å².